The maximum absolute atomic E-state index is 2.43. The highest BCUT2D eigenvalue weighted by Crippen LogP contribution is 2.31. The molecule has 0 aliphatic heterocycles. The van der Waals surface area contributed by atoms with Crippen LogP contribution in [-0.4, -0.2) is 0 Å². The molecule has 0 heterocycles. The summed E-state index contributed by atoms with van der Waals surface area (Å²) < 4.78 is 0. The van der Waals surface area contributed by atoms with E-state index in [1.165, 1.54) is 38.5 Å². The fraction of sp³-hybridized carbons (Fsp3) is 1.00. The van der Waals surface area contributed by atoms with Crippen molar-refractivity contribution in [3.8, 4) is 0 Å². The third-order valence-corrected chi connectivity index (χ3v) is 3.10. The van der Waals surface area contributed by atoms with Gasteiger partial charge in [-0.1, -0.05) is 46.5 Å². The Morgan fingerprint density at radius 2 is 1.83 bits per heavy atom. The molecule has 0 aromatic heterocycles. The van der Waals surface area contributed by atoms with Crippen molar-refractivity contribution in [1.29, 1.82) is 0 Å². The molecule has 1 aliphatic rings. The Hall–Kier alpha value is 0. The zero-order chi connectivity index (χ0) is 8.97. The topological polar surface area (TPSA) is 0 Å². The van der Waals surface area contributed by atoms with Crippen LogP contribution >= 0.6 is 0 Å². The molecule has 0 nitrogen and oxygen atoms in total. The van der Waals surface area contributed by atoms with Crippen LogP contribution in [0.5, 0.6) is 0 Å². The Morgan fingerprint density at radius 1 is 1.17 bits per heavy atom. The minimum absolute atomic E-state index is 0.903. The van der Waals surface area contributed by atoms with Crippen molar-refractivity contribution in [2.24, 2.45) is 17.8 Å². The third-order valence-electron chi connectivity index (χ3n) is 3.10. The Balaban J connectivity index is 2.31. The number of rotatable bonds is 2. The summed E-state index contributed by atoms with van der Waals surface area (Å²) in [4.78, 5) is 0. The van der Waals surface area contributed by atoms with Gasteiger partial charge in [0.2, 0.25) is 0 Å². The summed E-state index contributed by atoms with van der Waals surface area (Å²) in [5, 5.41) is 0. The molecule has 12 heavy (non-hydrogen) atoms. The average Bonchev–Trinajstić information content (AvgIpc) is 2.12. The van der Waals surface area contributed by atoms with Gasteiger partial charge in [0.25, 0.3) is 0 Å². The fourth-order valence-electron chi connectivity index (χ4n) is 2.61. The van der Waals surface area contributed by atoms with Crippen LogP contribution in [-0.2, 0) is 0 Å². The van der Waals surface area contributed by atoms with E-state index in [1.54, 1.807) is 0 Å². The van der Waals surface area contributed by atoms with Gasteiger partial charge in [0, 0.05) is 0 Å². The van der Waals surface area contributed by atoms with Gasteiger partial charge in [-0.2, -0.15) is 0 Å². The lowest BCUT2D eigenvalue weighted by Gasteiger charge is -2.18. The molecular formula is C12H24. The standard InChI is InChI=1S/C12H24/c1-10(2)8-12-7-5-4-6-11(3)9-12/h10-12H,4-9H2,1-3H3. The summed E-state index contributed by atoms with van der Waals surface area (Å²) in [7, 11) is 0. The van der Waals surface area contributed by atoms with Crippen molar-refractivity contribution >= 4 is 0 Å². The van der Waals surface area contributed by atoms with Gasteiger partial charge >= 0.3 is 0 Å². The first-order valence-electron chi connectivity index (χ1n) is 5.68. The molecule has 0 saturated heterocycles. The smallest absolute Gasteiger partial charge is 0.0409 e. The van der Waals surface area contributed by atoms with Crippen LogP contribution in [0.15, 0.2) is 0 Å². The van der Waals surface area contributed by atoms with E-state index in [0.29, 0.717) is 0 Å². The fourth-order valence-corrected chi connectivity index (χ4v) is 2.61. The second-order valence-electron chi connectivity index (χ2n) is 5.12. The molecule has 1 saturated carbocycles. The first kappa shape index (κ1) is 10.1. The highest BCUT2D eigenvalue weighted by atomic mass is 14.2. The average molecular weight is 168 g/mol. The van der Waals surface area contributed by atoms with Crippen molar-refractivity contribution < 1.29 is 0 Å². The quantitative estimate of drug-likeness (QED) is 0.541. The maximum Gasteiger partial charge on any atom is -0.0409 e. The van der Waals surface area contributed by atoms with Crippen LogP contribution in [0, 0.1) is 17.8 Å². The van der Waals surface area contributed by atoms with Crippen molar-refractivity contribution in [2.45, 2.75) is 59.3 Å². The summed E-state index contributed by atoms with van der Waals surface area (Å²) >= 11 is 0. The SMILES string of the molecule is CC(C)CC1CCCCC(C)C1. The molecular weight excluding hydrogens is 144 g/mol. The molecule has 0 bridgehead atoms. The molecule has 0 aromatic carbocycles. The van der Waals surface area contributed by atoms with Gasteiger partial charge in [-0.3, -0.25) is 0 Å². The highest BCUT2D eigenvalue weighted by molar-refractivity contribution is 4.69. The summed E-state index contributed by atoms with van der Waals surface area (Å²) in [6.07, 6.45) is 8.91. The molecule has 0 spiro atoms. The second-order valence-corrected chi connectivity index (χ2v) is 5.12. The van der Waals surface area contributed by atoms with Gasteiger partial charge in [0.05, 0.1) is 0 Å². The minimum Gasteiger partial charge on any atom is -0.0628 e. The molecule has 0 radical (unpaired) electrons. The van der Waals surface area contributed by atoms with E-state index >= 15 is 0 Å². The van der Waals surface area contributed by atoms with E-state index in [9.17, 15) is 0 Å². The van der Waals surface area contributed by atoms with Gasteiger partial charge in [-0.15, -0.1) is 0 Å². The van der Waals surface area contributed by atoms with Crippen molar-refractivity contribution in [3.05, 3.63) is 0 Å². The Bertz CT molecular complexity index is 115. The normalized spacial score (nSPS) is 32.0. The van der Waals surface area contributed by atoms with Gasteiger partial charge in [-0.05, 0) is 30.6 Å². The Labute approximate surface area is 77.7 Å². The molecule has 0 aromatic rings. The molecule has 2 atom stereocenters. The predicted octanol–water partition coefficient (Wildman–Crippen LogP) is 4.25. The molecule has 0 amide bonds. The molecule has 72 valence electrons. The molecule has 2 unspecified atom stereocenters. The van der Waals surface area contributed by atoms with Crippen molar-refractivity contribution in [3.63, 3.8) is 0 Å². The predicted molar refractivity (Wildman–Crippen MR) is 55.2 cm³/mol. The van der Waals surface area contributed by atoms with Gasteiger partial charge in [-0.25, -0.2) is 0 Å². The maximum atomic E-state index is 2.43. The number of hydrogen-bond acceptors (Lipinski definition) is 0. The Morgan fingerprint density at radius 3 is 2.50 bits per heavy atom. The molecule has 1 aliphatic carbocycles. The van der Waals surface area contributed by atoms with E-state index in [1.807, 2.05) is 0 Å². The molecule has 0 N–H and O–H groups in total. The van der Waals surface area contributed by atoms with Crippen LogP contribution in [0.25, 0.3) is 0 Å². The van der Waals surface area contributed by atoms with Crippen LogP contribution in [0.3, 0.4) is 0 Å². The summed E-state index contributed by atoms with van der Waals surface area (Å²) in [5.41, 5.74) is 0. The lowest BCUT2D eigenvalue weighted by atomic mass is 9.88. The summed E-state index contributed by atoms with van der Waals surface area (Å²) in [6.45, 7) is 7.14. The minimum atomic E-state index is 0.903. The third kappa shape index (κ3) is 3.60. The first-order chi connectivity index (χ1) is 5.68. The van der Waals surface area contributed by atoms with E-state index in [4.69, 9.17) is 0 Å². The van der Waals surface area contributed by atoms with E-state index < -0.39 is 0 Å². The zero-order valence-corrected chi connectivity index (χ0v) is 8.97. The largest absolute Gasteiger partial charge is 0.0628 e. The lowest BCUT2D eigenvalue weighted by Crippen LogP contribution is -2.06. The zero-order valence-electron chi connectivity index (χ0n) is 8.97. The van der Waals surface area contributed by atoms with Crippen LogP contribution in [0.4, 0.5) is 0 Å². The van der Waals surface area contributed by atoms with Crippen LogP contribution in [0.1, 0.15) is 59.3 Å². The lowest BCUT2D eigenvalue weighted by molar-refractivity contribution is 0.334. The molecule has 1 fully saturated rings. The van der Waals surface area contributed by atoms with Gasteiger partial charge < -0.3 is 0 Å². The molecule has 0 heteroatoms. The summed E-state index contributed by atoms with van der Waals surface area (Å²) in [6, 6.07) is 0. The van der Waals surface area contributed by atoms with Crippen LogP contribution in [0.2, 0.25) is 0 Å². The van der Waals surface area contributed by atoms with Crippen molar-refractivity contribution in [1.82, 2.24) is 0 Å². The second kappa shape index (κ2) is 4.89. The highest BCUT2D eigenvalue weighted by Gasteiger charge is 2.17. The molecule has 1 rings (SSSR count). The van der Waals surface area contributed by atoms with Gasteiger partial charge in [0.15, 0.2) is 0 Å². The number of hydrogen-bond donors (Lipinski definition) is 0. The van der Waals surface area contributed by atoms with Crippen molar-refractivity contribution in [2.75, 3.05) is 0 Å². The van der Waals surface area contributed by atoms with Crippen LogP contribution < -0.4 is 0 Å². The van der Waals surface area contributed by atoms with E-state index in [-0.39, 0.29) is 0 Å². The first-order valence-corrected chi connectivity index (χ1v) is 5.68. The van der Waals surface area contributed by atoms with E-state index in [2.05, 4.69) is 20.8 Å². The van der Waals surface area contributed by atoms with E-state index in [0.717, 1.165) is 17.8 Å². The van der Waals surface area contributed by atoms with Gasteiger partial charge in [0.1, 0.15) is 0 Å². The monoisotopic (exact) mass is 168 g/mol. The summed E-state index contributed by atoms with van der Waals surface area (Å²) in [5.74, 6) is 2.94. The Kier molecular flexibility index (Phi) is 4.11.